The molecule has 2 N–H and O–H groups in total. The molecule has 0 bridgehead atoms. The lowest BCUT2D eigenvalue weighted by molar-refractivity contribution is -0.135. The zero-order valence-electron chi connectivity index (χ0n) is 15.2. The summed E-state index contributed by atoms with van der Waals surface area (Å²) in [5, 5.41) is 7.90. The smallest absolute Gasteiger partial charge is 0.321 e. The van der Waals surface area contributed by atoms with Crippen LogP contribution in [0, 0.1) is 5.92 Å². The minimum atomic E-state index is -0.313. The first-order valence-electron chi connectivity index (χ1n) is 8.99. The van der Waals surface area contributed by atoms with E-state index in [-0.39, 0.29) is 17.9 Å². The summed E-state index contributed by atoms with van der Waals surface area (Å²) in [5.74, 6) is 0.348. The number of aromatic nitrogens is 1. The number of hydrogen-bond donors (Lipinski definition) is 2. The van der Waals surface area contributed by atoms with Crippen LogP contribution >= 0.6 is 34.3 Å². The van der Waals surface area contributed by atoms with E-state index >= 15 is 0 Å². The molecular formula is C18H23ClN4O2S2. The Morgan fingerprint density at radius 2 is 2.07 bits per heavy atom. The van der Waals surface area contributed by atoms with Gasteiger partial charge in [-0.3, -0.25) is 10.1 Å². The van der Waals surface area contributed by atoms with Gasteiger partial charge in [-0.15, -0.1) is 22.7 Å². The Kier molecular flexibility index (Phi) is 7.09. The van der Waals surface area contributed by atoms with Gasteiger partial charge in [0.2, 0.25) is 5.91 Å². The second-order valence-electron chi connectivity index (χ2n) is 6.69. The average molecular weight is 427 g/mol. The summed E-state index contributed by atoms with van der Waals surface area (Å²) in [7, 11) is 1.82. The Balaban J connectivity index is 1.45. The summed E-state index contributed by atoms with van der Waals surface area (Å²) in [4.78, 5) is 31.7. The summed E-state index contributed by atoms with van der Waals surface area (Å²) < 4.78 is 0.698. The maximum atomic E-state index is 12.5. The quantitative estimate of drug-likeness (QED) is 0.701. The van der Waals surface area contributed by atoms with E-state index in [0.29, 0.717) is 22.6 Å². The van der Waals surface area contributed by atoms with Crippen molar-refractivity contribution < 1.29 is 9.59 Å². The van der Waals surface area contributed by atoms with Gasteiger partial charge in [0.1, 0.15) is 0 Å². The highest BCUT2D eigenvalue weighted by Crippen LogP contribution is 2.26. The number of amides is 3. The van der Waals surface area contributed by atoms with Gasteiger partial charge in [0.05, 0.1) is 23.1 Å². The number of nitrogens with one attached hydrogen (secondary N) is 2. The predicted octanol–water partition coefficient (Wildman–Crippen LogP) is 4.72. The summed E-state index contributed by atoms with van der Waals surface area (Å²) in [6, 6.07) is 3.37. The number of carbonyl (C=O) groups is 2. The van der Waals surface area contributed by atoms with Gasteiger partial charge in [0.15, 0.2) is 5.13 Å². The normalized spacial score (nSPS) is 14.7. The molecule has 3 rings (SSSR count). The van der Waals surface area contributed by atoms with E-state index in [1.807, 2.05) is 18.5 Å². The monoisotopic (exact) mass is 426 g/mol. The number of anilines is 1. The Morgan fingerprint density at radius 1 is 1.30 bits per heavy atom. The fourth-order valence-electron chi connectivity index (χ4n) is 3.17. The van der Waals surface area contributed by atoms with Crippen molar-refractivity contribution in [2.45, 2.75) is 45.2 Å². The zero-order chi connectivity index (χ0) is 19.2. The van der Waals surface area contributed by atoms with E-state index in [2.05, 4.69) is 15.6 Å². The number of nitrogens with zero attached hydrogens (tertiary/aromatic N) is 2. The molecule has 0 saturated heterocycles. The fourth-order valence-corrected chi connectivity index (χ4v) is 4.90. The molecule has 0 spiro atoms. The highest BCUT2D eigenvalue weighted by atomic mass is 35.5. The highest BCUT2D eigenvalue weighted by Gasteiger charge is 2.24. The lowest BCUT2D eigenvalue weighted by Crippen LogP contribution is -2.33. The number of hydrogen-bond acceptors (Lipinski definition) is 5. The number of halogens is 1. The SMILES string of the molecule is CN(Cc1csc(NC(=O)NCc2ccc(Cl)s2)n1)C(=O)C1CCCCC1. The van der Waals surface area contributed by atoms with Crippen molar-refractivity contribution in [2.24, 2.45) is 5.92 Å². The molecule has 0 atom stereocenters. The van der Waals surface area contributed by atoms with Crippen LogP contribution in [0.25, 0.3) is 0 Å². The third kappa shape index (κ3) is 5.92. The maximum Gasteiger partial charge on any atom is 0.321 e. The number of thiazole rings is 1. The van der Waals surface area contributed by atoms with Gasteiger partial charge in [-0.25, -0.2) is 9.78 Å². The number of carbonyl (C=O) groups excluding carboxylic acids is 2. The van der Waals surface area contributed by atoms with Crippen molar-refractivity contribution in [1.82, 2.24) is 15.2 Å². The minimum Gasteiger partial charge on any atom is -0.340 e. The molecule has 0 radical (unpaired) electrons. The second-order valence-corrected chi connectivity index (χ2v) is 9.34. The summed E-state index contributed by atoms with van der Waals surface area (Å²) >= 11 is 8.66. The molecule has 2 aromatic rings. The van der Waals surface area contributed by atoms with Gasteiger partial charge in [-0.1, -0.05) is 30.9 Å². The van der Waals surface area contributed by atoms with Crippen LogP contribution in [-0.2, 0) is 17.9 Å². The van der Waals surface area contributed by atoms with Crippen LogP contribution in [0.3, 0.4) is 0 Å². The van der Waals surface area contributed by atoms with E-state index in [1.54, 1.807) is 11.0 Å². The van der Waals surface area contributed by atoms with Gasteiger partial charge in [0, 0.05) is 23.2 Å². The van der Waals surface area contributed by atoms with E-state index in [4.69, 9.17) is 11.6 Å². The Morgan fingerprint density at radius 3 is 2.78 bits per heavy atom. The zero-order valence-corrected chi connectivity index (χ0v) is 17.6. The van der Waals surface area contributed by atoms with Crippen molar-refractivity contribution >= 4 is 51.3 Å². The van der Waals surface area contributed by atoms with Crippen molar-refractivity contribution in [2.75, 3.05) is 12.4 Å². The topological polar surface area (TPSA) is 74.3 Å². The van der Waals surface area contributed by atoms with Crippen molar-refractivity contribution in [3.8, 4) is 0 Å². The fraction of sp³-hybridized carbons (Fsp3) is 0.500. The molecule has 1 fully saturated rings. The van der Waals surface area contributed by atoms with E-state index in [1.165, 1.54) is 29.1 Å². The van der Waals surface area contributed by atoms with Gasteiger partial charge < -0.3 is 10.2 Å². The van der Waals surface area contributed by atoms with Crippen LogP contribution < -0.4 is 10.6 Å². The molecule has 0 aromatic carbocycles. The van der Waals surface area contributed by atoms with Crippen molar-refractivity contribution in [3.63, 3.8) is 0 Å². The van der Waals surface area contributed by atoms with E-state index < -0.39 is 0 Å². The molecule has 9 heteroatoms. The third-order valence-corrected chi connectivity index (χ3v) is 6.59. The minimum absolute atomic E-state index is 0.150. The lowest BCUT2D eigenvalue weighted by atomic mass is 9.88. The highest BCUT2D eigenvalue weighted by molar-refractivity contribution is 7.16. The number of rotatable bonds is 6. The standard InChI is InChI=1S/C18H23ClN4O2S2/c1-23(16(24)12-5-3-2-4-6-12)10-13-11-26-18(21-13)22-17(25)20-9-14-7-8-15(19)27-14/h7-8,11-12H,2-6,9-10H2,1H3,(H2,20,21,22,25). The van der Waals surface area contributed by atoms with Crippen molar-refractivity contribution in [3.05, 3.63) is 32.4 Å². The lowest BCUT2D eigenvalue weighted by Gasteiger charge is -2.25. The van der Waals surface area contributed by atoms with Crippen LogP contribution in [-0.4, -0.2) is 28.9 Å². The summed E-state index contributed by atoms with van der Waals surface area (Å²) in [5.41, 5.74) is 0.784. The molecular weight excluding hydrogens is 404 g/mol. The van der Waals surface area contributed by atoms with Crippen molar-refractivity contribution in [1.29, 1.82) is 0 Å². The second kappa shape index (κ2) is 9.52. The summed E-state index contributed by atoms with van der Waals surface area (Å²) in [6.07, 6.45) is 5.49. The number of thiophene rings is 1. The molecule has 1 aliphatic rings. The molecule has 0 aliphatic heterocycles. The summed E-state index contributed by atoms with van der Waals surface area (Å²) in [6.45, 7) is 0.878. The predicted molar refractivity (Wildman–Crippen MR) is 110 cm³/mol. The van der Waals surface area contributed by atoms with Gasteiger partial charge >= 0.3 is 6.03 Å². The molecule has 6 nitrogen and oxygen atoms in total. The van der Waals surface area contributed by atoms with Crippen LogP contribution in [0.15, 0.2) is 17.5 Å². The average Bonchev–Trinajstić information content (AvgIpc) is 3.28. The molecule has 27 heavy (non-hydrogen) atoms. The molecule has 1 aliphatic carbocycles. The molecule has 2 aromatic heterocycles. The molecule has 2 heterocycles. The molecule has 3 amide bonds. The first kappa shape index (κ1) is 20.1. The maximum absolute atomic E-state index is 12.5. The molecule has 0 unspecified atom stereocenters. The Hall–Kier alpha value is -1.64. The molecule has 146 valence electrons. The first-order valence-corrected chi connectivity index (χ1v) is 11.1. The van der Waals surface area contributed by atoms with Crippen LogP contribution in [0.4, 0.5) is 9.93 Å². The number of urea groups is 1. The largest absolute Gasteiger partial charge is 0.340 e. The Bertz CT molecular complexity index is 786. The van der Waals surface area contributed by atoms with Gasteiger partial charge in [-0.05, 0) is 25.0 Å². The van der Waals surface area contributed by atoms with Gasteiger partial charge in [-0.2, -0.15) is 0 Å². The van der Waals surface area contributed by atoms with E-state index in [9.17, 15) is 9.59 Å². The van der Waals surface area contributed by atoms with Gasteiger partial charge in [0.25, 0.3) is 0 Å². The van der Waals surface area contributed by atoms with Crippen LogP contribution in [0.1, 0.15) is 42.7 Å². The van der Waals surface area contributed by atoms with Crippen LogP contribution in [0.2, 0.25) is 4.34 Å². The Labute approximate surface area is 171 Å². The van der Waals surface area contributed by atoms with Crippen LogP contribution in [0.5, 0.6) is 0 Å². The third-order valence-electron chi connectivity index (χ3n) is 4.55. The first-order chi connectivity index (χ1) is 13.0. The molecule has 1 saturated carbocycles. The van der Waals surface area contributed by atoms with E-state index in [0.717, 1.165) is 36.3 Å².